The fraction of sp³-hybridized carbons (Fsp3) is 0.273. The van der Waals surface area contributed by atoms with E-state index in [0.29, 0.717) is 51.5 Å². The second-order valence-corrected chi connectivity index (χ2v) is 15.5. The van der Waals surface area contributed by atoms with E-state index in [4.69, 9.17) is 5.11 Å². The number of allylic oxidation sites excluding steroid dienone is 3. The van der Waals surface area contributed by atoms with Gasteiger partial charge in [-0.2, -0.15) is 0 Å². The number of rotatable bonds is 16. The highest BCUT2D eigenvalue weighted by atomic mass is 32.2. The molecule has 6 rings (SSSR count). The predicted octanol–water partition coefficient (Wildman–Crippen LogP) is 7.30. The van der Waals surface area contributed by atoms with E-state index in [9.17, 15) is 32.6 Å². The van der Waals surface area contributed by atoms with Crippen LogP contribution in [0.5, 0.6) is 0 Å². The van der Waals surface area contributed by atoms with Crippen LogP contribution in [0.2, 0.25) is 0 Å². The maximum atomic E-state index is 14.5. The summed E-state index contributed by atoms with van der Waals surface area (Å²) < 4.78 is 26.3. The molecule has 0 radical (unpaired) electrons. The first-order valence-corrected chi connectivity index (χ1v) is 19.8. The average Bonchev–Trinajstić information content (AvgIpc) is 3.40. The summed E-state index contributed by atoms with van der Waals surface area (Å²) >= 11 is 0. The average molecular weight is 774 g/mol. The summed E-state index contributed by atoms with van der Waals surface area (Å²) in [5.41, 5.74) is 7.71. The smallest absolute Gasteiger partial charge is 0.303 e. The molecule has 1 amide bonds. The van der Waals surface area contributed by atoms with Crippen LogP contribution >= 0.6 is 0 Å². The van der Waals surface area contributed by atoms with Crippen molar-refractivity contribution < 1.29 is 37.7 Å². The van der Waals surface area contributed by atoms with Crippen molar-refractivity contribution in [3.63, 3.8) is 0 Å². The quantitative estimate of drug-likeness (QED) is 0.115. The molecule has 2 heterocycles. The van der Waals surface area contributed by atoms with E-state index in [1.54, 1.807) is 42.8 Å². The molecule has 1 aliphatic heterocycles. The minimum absolute atomic E-state index is 0.0267. The van der Waals surface area contributed by atoms with Crippen molar-refractivity contribution in [3.8, 4) is 0 Å². The summed E-state index contributed by atoms with van der Waals surface area (Å²) in [5.74, 6) is -3.24. The molecule has 1 unspecified atom stereocenters. The van der Waals surface area contributed by atoms with E-state index in [0.717, 1.165) is 27.8 Å². The van der Waals surface area contributed by atoms with E-state index >= 15 is 0 Å². The number of nitrogens with zero attached hydrogens (tertiary/aromatic N) is 3. The molecule has 0 fully saturated rings. The number of aromatic nitrogens is 2. The van der Waals surface area contributed by atoms with Crippen LogP contribution in [0.1, 0.15) is 100 Å². The minimum atomic E-state index is -1.10. The summed E-state index contributed by atoms with van der Waals surface area (Å²) in [6.07, 6.45) is 6.26. The number of ketones is 3. The van der Waals surface area contributed by atoms with Gasteiger partial charge in [0.15, 0.2) is 11.5 Å². The lowest BCUT2D eigenvalue weighted by atomic mass is 9.91. The number of amides is 1. The molecule has 0 saturated heterocycles. The second-order valence-electron chi connectivity index (χ2n) is 14.1. The highest BCUT2D eigenvalue weighted by Gasteiger charge is 2.28. The fourth-order valence-corrected chi connectivity index (χ4v) is 7.53. The largest absolute Gasteiger partial charge is 0.481 e. The number of aliphatic imine (C=N–C) groups is 1. The number of carboxylic acid groups (broad SMARTS) is 1. The van der Waals surface area contributed by atoms with E-state index < -0.39 is 34.4 Å². The number of fused-ring (bicyclic) bond motifs is 2. The van der Waals surface area contributed by atoms with Gasteiger partial charge in [-0.05, 0) is 102 Å². The van der Waals surface area contributed by atoms with E-state index in [-0.39, 0.29) is 61.6 Å². The van der Waals surface area contributed by atoms with Crippen molar-refractivity contribution in [3.05, 3.63) is 129 Å². The maximum absolute atomic E-state index is 14.5. The Balaban J connectivity index is 1.07. The Morgan fingerprint density at radius 3 is 2.38 bits per heavy atom. The monoisotopic (exact) mass is 773 g/mol. The first kappa shape index (κ1) is 39.8. The van der Waals surface area contributed by atoms with Crippen LogP contribution in [0.15, 0.2) is 88.4 Å². The Bertz CT molecular complexity index is 2380. The van der Waals surface area contributed by atoms with Gasteiger partial charge in [-0.3, -0.25) is 33.2 Å². The number of benzene rings is 3. The zero-order valence-corrected chi connectivity index (χ0v) is 32.1. The van der Waals surface area contributed by atoms with E-state index in [1.165, 1.54) is 19.1 Å². The van der Waals surface area contributed by atoms with Crippen LogP contribution < -0.4 is 0 Å². The standard InChI is InChI=1S/C44H40FN3O7S/c1-25-37(18-28-7-14-35(15-8-28)56(3)55)36-16-12-31(45)20-39(36)38(25)23-34(50)21-33-22-40-43(44(54)48-33)47-32(24-46-40)13-6-27-4-9-29(10-5-27)41(51)19-30(26(2)49)11-17-42(52)53/h4-5,7-10,12,14-16,18,20,24,30H,6,11,13,17,19,21-23H2,1-3H3,(H,52,53)/b37-18-/t30-,56?/m1/s1. The number of hydrogen-bond acceptors (Lipinski definition) is 8. The highest BCUT2D eigenvalue weighted by Crippen LogP contribution is 2.44. The van der Waals surface area contributed by atoms with E-state index in [2.05, 4.69) is 15.0 Å². The Labute approximate surface area is 326 Å². The molecule has 0 spiro atoms. The number of hydrogen-bond donors (Lipinski definition) is 1. The zero-order chi connectivity index (χ0) is 40.1. The summed E-state index contributed by atoms with van der Waals surface area (Å²) in [5, 5.41) is 8.94. The first-order chi connectivity index (χ1) is 26.7. The second kappa shape index (κ2) is 17.3. The van der Waals surface area contributed by atoms with Gasteiger partial charge in [0.25, 0.3) is 5.91 Å². The van der Waals surface area contributed by atoms with Crippen LogP contribution in [-0.4, -0.2) is 60.5 Å². The third kappa shape index (κ3) is 9.49. The number of carbonyl (C=O) groups is 5. The molecule has 10 nitrogen and oxygen atoms in total. The molecule has 12 heteroatoms. The van der Waals surface area contributed by atoms with E-state index in [1.807, 2.05) is 37.3 Å². The molecule has 0 saturated carbocycles. The van der Waals surface area contributed by atoms with Gasteiger partial charge in [-0.25, -0.2) is 14.4 Å². The van der Waals surface area contributed by atoms with Crippen molar-refractivity contribution in [1.29, 1.82) is 0 Å². The number of Topliss-reactive ketones (excluding diaryl/α,β-unsaturated/α-hetero) is 3. The molecule has 1 aromatic heterocycles. The molecule has 286 valence electrons. The molecule has 0 bridgehead atoms. The summed E-state index contributed by atoms with van der Waals surface area (Å²) in [7, 11) is -1.10. The SMILES string of the molecule is CC(=O)[C@H](CCC(=O)O)CC(=O)c1ccc(CCc2cnc3c(n2)C(=O)N=C(CC(=O)CC2=C(C)/C(=C/c4ccc(S(C)=O)cc4)c4ccc(F)cc42)C3)cc1. The molecule has 2 aliphatic rings. The molecular weight excluding hydrogens is 734 g/mol. The van der Waals surface area contributed by atoms with Gasteiger partial charge in [0.2, 0.25) is 0 Å². The van der Waals surface area contributed by atoms with Crippen molar-refractivity contribution in [1.82, 2.24) is 9.97 Å². The normalized spacial score (nSPS) is 15.2. The topological polar surface area (TPSA) is 161 Å². The summed E-state index contributed by atoms with van der Waals surface area (Å²) in [6, 6.07) is 18.9. The summed E-state index contributed by atoms with van der Waals surface area (Å²) in [4.78, 5) is 76.2. The Kier molecular flexibility index (Phi) is 12.3. The number of aliphatic carboxylic acids is 1. The number of halogens is 1. The van der Waals surface area contributed by atoms with Crippen molar-refractivity contribution in [2.75, 3.05) is 6.26 Å². The van der Waals surface area contributed by atoms with Gasteiger partial charge >= 0.3 is 5.97 Å². The Morgan fingerprint density at radius 2 is 1.70 bits per heavy atom. The third-order valence-corrected chi connectivity index (χ3v) is 11.1. The summed E-state index contributed by atoms with van der Waals surface area (Å²) in [6.45, 7) is 3.27. The lowest BCUT2D eigenvalue weighted by Crippen LogP contribution is -2.22. The number of aryl methyl sites for hydroxylation is 2. The number of carbonyl (C=O) groups excluding carboxylic acids is 4. The molecule has 2 atom stereocenters. The van der Waals surface area contributed by atoms with Crippen LogP contribution in [0.4, 0.5) is 4.39 Å². The third-order valence-electron chi connectivity index (χ3n) is 10.1. The molecular formula is C44H40FN3O7S. The first-order valence-electron chi connectivity index (χ1n) is 18.2. The van der Waals surface area contributed by atoms with Crippen molar-refractivity contribution in [2.45, 2.75) is 70.1 Å². The predicted molar refractivity (Wildman–Crippen MR) is 211 cm³/mol. The zero-order valence-electron chi connectivity index (χ0n) is 31.3. The van der Waals surface area contributed by atoms with Crippen LogP contribution in [0.3, 0.4) is 0 Å². The fourth-order valence-electron chi connectivity index (χ4n) is 7.01. The van der Waals surface area contributed by atoms with Gasteiger partial charge < -0.3 is 5.11 Å². The molecule has 56 heavy (non-hydrogen) atoms. The Hall–Kier alpha value is -5.88. The van der Waals surface area contributed by atoms with Crippen LogP contribution in [-0.2, 0) is 44.4 Å². The van der Waals surface area contributed by atoms with Gasteiger partial charge in [-0.15, -0.1) is 0 Å². The lowest BCUT2D eigenvalue weighted by Gasteiger charge is -2.15. The minimum Gasteiger partial charge on any atom is -0.481 e. The Morgan fingerprint density at radius 1 is 0.964 bits per heavy atom. The number of carboxylic acids is 1. The van der Waals surface area contributed by atoms with Gasteiger partial charge in [0.1, 0.15) is 17.4 Å². The van der Waals surface area contributed by atoms with Crippen molar-refractivity contribution >= 4 is 63.0 Å². The molecule has 1 N–H and O–H groups in total. The molecule has 3 aromatic carbocycles. The van der Waals surface area contributed by atoms with Crippen LogP contribution in [0, 0.1) is 11.7 Å². The molecule has 4 aromatic rings. The van der Waals surface area contributed by atoms with Crippen molar-refractivity contribution in [2.24, 2.45) is 10.9 Å². The maximum Gasteiger partial charge on any atom is 0.303 e. The van der Waals surface area contributed by atoms with Gasteiger partial charge in [0, 0.05) is 77.4 Å². The molecule has 1 aliphatic carbocycles. The van der Waals surface area contributed by atoms with Gasteiger partial charge in [-0.1, -0.05) is 42.5 Å². The lowest BCUT2D eigenvalue weighted by molar-refractivity contribution is -0.137. The highest BCUT2D eigenvalue weighted by molar-refractivity contribution is 7.84. The van der Waals surface area contributed by atoms with Gasteiger partial charge in [0.05, 0.1) is 11.4 Å². The van der Waals surface area contributed by atoms with Crippen LogP contribution in [0.25, 0.3) is 17.2 Å².